The number of benzene rings is 1. The highest BCUT2D eigenvalue weighted by atomic mass is 16.5. The number of nitrogen functional groups attached to an aromatic ring is 1. The van der Waals surface area contributed by atoms with Crippen molar-refractivity contribution in [2.45, 2.75) is 39.7 Å². The molecule has 1 aromatic rings. The van der Waals surface area contributed by atoms with Crippen molar-refractivity contribution in [3.05, 3.63) is 18.2 Å². The first kappa shape index (κ1) is 16.0. The first-order chi connectivity index (χ1) is 10.1. The molecule has 0 amide bonds. The zero-order valence-corrected chi connectivity index (χ0v) is 13.6. The molecule has 2 rings (SSSR count). The van der Waals surface area contributed by atoms with Crippen LogP contribution in [-0.2, 0) is 0 Å². The molecule has 4 nitrogen and oxygen atoms in total. The maximum absolute atomic E-state index is 5.94. The van der Waals surface area contributed by atoms with Crippen LogP contribution in [-0.4, -0.2) is 37.2 Å². The zero-order chi connectivity index (χ0) is 15.2. The molecule has 1 aliphatic rings. The SMILES string of the molecule is CCCOc1cc(NCC2CCN(C(C)C)C2)ccc1N. The molecule has 3 N–H and O–H groups in total. The van der Waals surface area contributed by atoms with Crippen LogP contribution in [0.2, 0.25) is 0 Å². The monoisotopic (exact) mass is 291 g/mol. The quantitative estimate of drug-likeness (QED) is 0.758. The van der Waals surface area contributed by atoms with E-state index in [2.05, 4.69) is 31.0 Å². The molecule has 1 fully saturated rings. The van der Waals surface area contributed by atoms with Gasteiger partial charge in [0.2, 0.25) is 0 Å². The summed E-state index contributed by atoms with van der Waals surface area (Å²) >= 11 is 0. The molecule has 1 heterocycles. The number of nitrogens with two attached hydrogens (primary N) is 1. The molecule has 0 aromatic heterocycles. The van der Waals surface area contributed by atoms with Gasteiger partial charge in [0.15, 0.2) is 0 Å². The topological polar surface area (TPSA) is 50.5 Å². The predicted molar refractivity (Wildman–Crippen MR) is 89.9 cm³/mol. The predicted octanol–water partition coefficient (Wildman–Crippen LogP) is 3.20. The molecule has 0 radical (unpaired) electrons. The summed E-state index contributed by atoms with van der Waals surface area (Å²) < 4.78 is 5.67. The first-order valence-corrected chi connectivity index (χ1v) is 8.10. The van der Waals surface area contributed by atoms with E-state index < -0.39 is 0 Å². The van der Waals surface area contributed by atoms with Crippen molar-refractivity contribution in [1.82, 2.24) is 4.90 Å². The minimum Gasteiger partial charge on any atom is -0.491 e. The fraction of sp³-hybridized carbons (Fsp3) is 0.647. The lowest BCUT2D eigenvalue weighted by atomic mass is 10.1. The molecule has 1 aromatic carbocycles. The second-order valence-corrected chi connectivity index (χ2v) is 6.23. The van der Waals surface area contributed by atoms with Gasteiger partial charge in [-0.1, -0.05) is 6.92 Å². The van der Waals surface area contributed by atoms with Crippen LogP contribution in [0.1, 0.15) is 33.6 Å². The summed E-state index contributed by atoms with van der Waals surface area (Å²) in [5, 5.41) is 3.53. The molecule has 0 saturated carbocycles. The van der Waals surface area contributed by atoms with Crippen LogP contribution in [0.4, 0.5) is 11.4 Å². The van der Waals surface area contributed by atoms with Gasteiger partial charge >= 0.3 is 0 Å². The minimum atomic E-state index is 0.653. The summed E-state index contributed by atoms with van der Waals surface area (Å²) in [6.07, 6.45) is 2.27. The number of nitrogens with zero attached hydrogens (tertiary/aromatic N) is 1. The van der Waals surface area contributed by atoms with Crippen LogP contribution in [0, 0.1) is 5.92 Å². The lowest BCUT2D eigenvalue weighted by molar-refractivity contribution is 0.266. The maximum Gasteiger partial charge on any atom is 0.144 e. The molecular weight excluding hydrogens is 262 g/mol. The highest BCUT2D eigenvalue weighted by molar-refractivity contribution is 5.61. The Morgan fingerprint density at radius 1 is 1.43 bits per heavy atom. The Balaban J connectivity index is 1.86. The Kier molecular flexibility index (Phi) is 5.74. The largest absolute Gasteiger partial charge is 0.491 e. The second kappa shape index (κ2) is 7.55. The van der Waals surface area contributed by atoms with Crippen LogP contribution in [0.25, 0.3) is 0 Å². The highest BCUT2D eigenvalue weighted by Gasteiger charge is 2.23. The minimum absolute atomic E-state index is 0.653. The Hall–Kier alpha value is -1.42. The molecule has 1 saturated heterocycles. The second-order valence-electron chi connectivity index (χ2n) is 6.23. The Morgan fingerprint density at radius 3 is 2.90 bits per heavy atom. The summed E-state index contributed by atoms with van der Waals surface area (Å²) in [5.41, 5.74) is 7.75. The third-order valence-electron chi connectivity index (χ3n) is 4.12. The van der Waals surface area contributed by atoms with Crippen molar-refractivity contribution >= 4 is 11.4 Å². The zero-order valence-electron chi connectivity index (χ0n) is 13.6. The van der Waals surface area contributed by atoms with Gasteiger partial charge in [-0.2, -0.15) is 0 Å². The van der Waals surface area contributed by atoms with Gasteiger partial charge in [0.25, 0.3) is 0 Å². The van der Waals surface area contributed by atoms with Crippen molar-refractivity contribution in [2.75, 3.05) is 37.3 Å². The molecule has 1 aliphatic heterocycles. The Labute approximate surface area is 128 Å². The van der Waals surface area contributed by atoms with Crippen LogP contribution in [0.15, 0.2) is 18.2 Å². The Bertz CT molecular complexity index is 448. The fourth-order valence-corrected chi connectivity index (χ4v) is 2.74. The number of rotatable bonds is 7. The summed E-state index contributed by atoms with van der Waals surface area (Å²) in [6, 6.07) is 6.62. The van der Waals surface area contributed by atoms with E-state index in [0.717, 1.165) is 30.3 Å². The molecule has 1 unspecified atom stereocenters. The number of anilines is 2. The standard InChI is InChI=1S/C17H29N3O/c1-4-9-21-17-10-15(5-6-16(17)18)19-11-14-7-8-20(12-14)13(2)3/h5-6,10,13-14,19H,4,7-9,11-12,18H2,1-3H3. The van der Waals surface area contributed by atoms with Gasteiger partial charge in [0, 0.05) is 30.9 Å². The van der Waals surface area contributed by atoms with Crippen LogP contribution in [0.5, 0.6) is 5.75 Å². The molecule has 0 aliphatic carbocycles. The number of nitrogens with one attached hydrogen (secondary N) is 1. The van der Waals surface area contributed by atoms with Crippen molar-refractivity contribution in [2.24, 2.45) is 5.92 Å². The normalized spacial score (nSPS) is 19.1. The molecule has 0 spiro atoms. The van der Waals surface area contributed by atoms with Crippen molar-refractivity contribution in [1.29, 1.82) is 0 Å². The summed E-state index contributed by atoms with van der Waals surface area (Å²) in [7, 11) is 0. The van der Waals surface area contributed by atoms with Gasteiger partial charge in [0.1, 0.15) is 5.75 Å². The molecule has 118 valence electrons. The van der Waals surface area contributed by atoms with E-state index in [4.69, 9.17) is 10.5 Å². The highest BCUT2D eigenvalue weighted by Crippen LogP contribution is 2.26. The maximum atomic E-state index is 5.94. The van der Waals surface area contributed by atoms with Gasteiger partial charge in [0.05, 0.1) is 12.3 Å². The number of hydrogen-bond acceptors (Lipinski definition) is 4. The number of ether oxygens (including phenoxy) is 1. The molecular formula is C17H29N3O. The van der Waals surface area contributed by atoms with Gasteiger partial charge in [-0.3, -0.25) is 0 Å². The van der Waals surface area contributed by atoms with E-state index in [1.54, 1.807) is 0 Å². The molecule has 0 bridgehead atoms. The summed E-state index contributed by atoms with van der Waals surface area (Å²) in [6.45, 7) is 10.8. The van der Waals surface area contributed by atoms with Crippen molar-refractivity contribution in [3.8, 4) is 5.75 Å². The Morgan fingerprint density at radius 2 is 2.24 bits per heavy atom. The van der Waals surface area contributed by atoms with Crippen molar-refractivity contribution in [3.63, 3.8) is 0 Å². The van der Waals surface area contributed by atoms with Crippen LogP contribution in [0.3, 0.4) is 0 Å². The van der Waals surface area contributed by atoms with E-state index >= 15 is 0 Å². The lowest BCUT2D eigenvalue weighted by Crippen LogP contribution is -2.29. The van der Waals surface area contributed by atoms with Gasteiger partial charge in [-0.25, -0.2) is 0 Å². The van der Waals surface area contributed by atoms with Gasteiger partial charge in [-0.05, 0) is 51.3 Å². The van der Waals surface area contributed by atoms with E-state index in [1.807, 2.05) is 18.2 Å². The van der Waals surface area contributed by atoms with E-state index in [9.17, 15) is 0 Å². The summed E-state index contributed by atoms with van der Waals surface area (Å²) in [5.74, 6) is 1.52. The van der Waals surface area contributed by atoms with Gasteiger partial charge in [-0.15, -0.1) is 0 Å². The van der Waals surface area contributed by atoms with E-state index in [0.29, 0.717) is 18.3 Å². The van der Waals surface area contributed by atoms with Gasteiger partial charge < -0.3 is 20.7 Å². The molecule has 4 heteroatoms. The number of hydrogen-bond donors (Lipinski definition) is 2. The smallest absolute Gasteiger partial charge is 0.144 e. The lowest BCUT2D eigenvalue weighted by Gasteiger charge is -2.20. The third kappa shape index (κ3) is 4.53. The van der Waals surface area contributed by atoms with Crippen LogP contribution >= 0.6 is 0 Å². The molecule has 1 atom stereocenters. The van der Waals surface area contributed by atoms with E-state index in [-0.39, 0.29) is 0 Å². The van der Waals surface area contributed by atoms with Crippen molar-refractivity contribution < 1.29 is 4.74 Å². The average Bonchev–Trinajstić information content (AvgIpc) is 2.94. The average molecular weight is 291 g/mol. The van der Waals surface area contributed by atoms with E-state index in [1.165, 1.54) is 19.5 Å². The summed E-state index contributed by atoms with van der Waals surface area (Å²) in [4.78, 5) is 2.55. The number of likely N-dealkylation sites (tertiary alicyclic amines) is 1. The fourth-order valence-electron chi connectivity index (χ4n) is 2.74. The van der Waals surface area contributed by atoms with Crippen LogP contribution < -0.4 is 15.8 Å². The molecule has 21 heavy (non-hydrogen) atoms. The third-order valence-corrected chi connectivity index (χ3v) is 4.12. The first-order valence-electron chi connectivity index (χ1n) is 8.10.